The highest BCUT2D eigenvalue weighted by Gasteiger charge is 2.37. The average molecular weight is 220 g/mol. The van der Waals surface area contributed by atoms with Crippen LogP contribution in [0.2, 0.25) is 0 Å². The van der Waals surface area contributed by atoms with Crippen LogP contribution >= 0.6 is 0 Å². The quantitative estimate of drug-likeness (QED) is 0.787. The molecule has 4 heteroatoms. The van der Waals surface area contributed by atoms with Gasteiger partial charge in [-0.2, -0.15) is 5.10 Å². The fraction of sp³-hybridized carbons (Fsp3) is 0.417. The summed E-state index contributed by atoms with van der Waals surface area (Å²) in [5, 5.41) is 25.5. The Morgan fingerprint density at radius 2 is 1.94 bits per heavy atom. The molecule has 1 aliphatic rings. The minimum Gasteiger partial charge on any atom is -0.393 e. The molecule has 3 unspecified atom stereocenters. The van der Waals surface area contributed by atoms with Crippen molar-refractivity contribution in [3.8, 4) is 0 Å². The van der Waals surface area contributed by atoms with Crippen LogP contribution in [0.3, 0.4) is 0 Å². The van der Waals surface area contributed by atoms with E-state index < -0.39 is 12.3 Å². The van der Waals surface area contributed by atoms with Gasteiger partial charge in [-0.1, -0.05) is 18.2 Å². The summed E-state index contributed by atoms with van der Waals surface area (Å²) in [7, 11) is 0. The van der Waals surface area contributed by atoms with Crippen LogP contribution in [0.5, 0.6) is 0 Å². The van der Waals surface area contributed by atoms with Crippen molar-refractivity contribution < 1.29 is 10.2 Å². The smallest absolute Gasteiger partial charge is 0.158 e. The maximum Gasteiger partial charge on any atom is 0.158 e. The van der Waals surface area contributed by atoms with Crippen LogP contribution in [0.15, 0.2) is 35.4 Å². The van der Waals surface area contributed by atoms with Gasteiger partial charge in [-0.25, -0.2) is 5.01 Å². The molecular formula is C12H16N2O2. The molecule has 0 bridgehead atoms. The fourth-order valence-corrected chi connectivity index (χ4v) is 2.05. The Balaban J connectivity index is 2.27. The van der Waals surface area contributed by atoms with Crippen LogP contribution in [0.1, 0.15) is 13.8 Å². The maximum absolute atomic E-state index is 10.1. The van der Waals surface area contributed by atoms with Crippen LogP contribution in [0.4, 0.5) is 5.69 Å². The number of para-hydroxylation sites is 1. The van der Waals surface area contributed by atoms with Gasteiger partial charge in [-0.3, -0.25) is 0 Å². The average Bonchev–Trinajstić information content (AvgIpc) is 2.55. The molecule has 86 valence electrons. The van der Waals surface area contributed by atoms with E-state index in [4.69, 9.17) is 0 Å². The van der Waals surface area contributed by atoms with Crippen LogP contribution in [0.25, 0.3) is 0 Å². The molecule has 1 heterocycles. The van der Waals surface area contributed by atoms with Gasteiger partial charge in [0.05, 0.1) is 17.7 Å². The van der Waals surface area contributed by atoms with Crippen molar-refractivity contribution in [2.45, 2.75) is 26.2 Å². The Kier molecular flexibility index (Phi) is 2.94. The molecule has 4 nitrogen and oxygen atoms in total. The topological polar surface area (TPSA) is 56.1 Å². The van der Waals surface area contributed by atoms with Gasteiger partial charge in [0, 0.05) is 5.71 Å². The SMILES string of the molecule is CC1=NN(c2ccccc2)C(O)C1C(C)O. The van der Waals surface area contributed by atoms with Crippen LogP contribution in [-0.4, -0.2) is 28.3 Å². The van der Waals surface area contributed by atoms with Gasteiger partial charge in [-0.05, 0) is 26.0 Å². The van der Waals surface area contributed by atoms with Gasteiger partial charge in [0.2, 0.25) is 0 Å². The lowest BCUT2D eigenvalue weighted by Crippen LogP contribution is -2.38. The van der Waals surface area contributed by atoms with E-state index in [1.807, 2.05) is 37.3 Å². The maximum atomic E-state index is 10.1. The summed E-state index contributed by atoms with van der Waals surface area (Å²) in [4.78, 5) is 0. The number of hydrazone groups is 1. The monoisotopic (exact) mass is 220 g/mol. The lowest BCUT2D eigenvalue weighted by Gasteiger charge is -2.24. The Labute approximate surface area is 94.8 Å². The number of rotatable bonds is 2. The molecule has 0 aliphatic carbocycles. The van der Waals surface area contributed by atoms with E-state index in [1.54, 1.807) is 11.9 Å². The molecular weight excluding hydrogens is 204 g/mol. The zero-order valence-corrected chi connectivity index (χ0v) is 9.41. The van der Waals surface area contributed by atoms with Gasteiger partial charge in [0.25, 0.3) is 0 Å². The van der Waals surface area contributed by atoms with Crippen molar-refractivity contribution in [3.05, 3.63) is 30.3 Å². The number of hydrogen-bond acceptors (Lipinski definition) is 4. The molecule has 1 aromatic rings. The van der Waals surface area contributed by atoms with E-state index in [2.05, 4.69) is 5.10 Å². The second-order valence-electron chi connectivity index (χ2n) is 4.10. The molecule has 3 atom stereocenters. The van der Waals surface area contributed by atoms with E-state index in [0.717, 1.165) is 11.4 Å². The second-order valence-corrected chi connectivity index (χ2v) is 4.10. The molecule has 0 radical (unpaired) electrons. The van der Waals surface area contributed by atoms with Crippen LogP contribution < -0.4 is 5.01 Å². The van der Waals surface area contributed by atoms with Crippen molar-refractivity contribution >= 4 is 11.4 Å². The first-order chi connectivity index (χ1) is 7.61. The molecule has 0 fully saturated rings. The minimum absolute atomic E-state index is 0.319. The predicted molar refractivity (Wildman–Crippen MR) is 63.2 cm³/mol. The lowest BCUT2D eigenvalue weighted by molar-refractivity contribution is 0.0635. The molecule has 0 amide bonds. The zero-order valence-electron chi connectivity index (χ0n) is 9.41. The van der Waals surface area contributed by atoms with Crippen molar-refractivity contribution in [2.24, 2.45) is 11.0 Å². The number of aliphatic hydroxyl groups excluding tert-OH is 2. The van der Waals surface area contributed by atoms with E-state index in [-0.39, 0.29) is 5.92 Å². The third-order valence-electron chi connectivity index (χ3n) is 2.86. The minimum atomic E-state index is -0.789. The van der Waals surface area contributed by atoms with E-state index in [1.165, 1.54) is 0 Å². The molecule has 0 spiro atoms. The Bertz CT molecular complexity index is 389. The van der Waals surface area contributed by atoms with E-state index in [0.29, 0.717) is 0 Å². The van der Waals surface area contributed by atoms with Crippen molar-refractivity contribution in [1.29, 1.82) is 0 Å². The highest BCUT2D eigenvalue weighted by Crippen LogP contribution is 2.28. The number of aliphatic hydroxyl groups is 2. The number of nitrogens with zero attached hydrogens (tertiary/aromatic N) is 2. The number of hydrogen-bond donors (Lipinski definition) is 2. The lowest BCUT2D eigenvalue weighted by atomic mass is 9.98. The van der Waals surface area contributed by atoms with Gasteiger partial charge in [0.15, 0.2) is 6.23 Å². The molecule has 2 rings (SSSR count). The standard InChI is InChI=1S/C12H16N2O2/c1-8-11(9(2)15)12(16)14(13-8)10-6-4-3-5-7-10/h3-7,9,11-12,15-16H,1-2H3. The first-order valence-electron chi connectivity index (χ1n) is 5.37. The summed E-state index contributed by atoms with van der Waals surface area (Å²) in [6, 6.07) is 9.45. The molecule has 0 aromatic heterocycles. The first kappa shape index (κ1) is 11.1. The van der Waals surface area contributed by atoms with E-state index in [9.17, 15) is 10.2 Å². The molecule has 1 aromatic carbocycles. The Hall–Kier alpha value is -1.39. The van der Waals surface area contributed by atoms with Gasteiger partial charge in [0.1, 0.15) is 0 Å². The number of anilines is 1. The summed E-state index contributed by atoms with van der Waals surface area (Å²) >= 11 is 0. The van der Waals surface area contributed by atoms with E-state index >= 15 is 0 Å². The largest absolute Gasteiger partial charge is 0.393 e. The fourth-order valence-electron chi connectivity index (χ4n) is 2.05. The Morgan fingerprint density at radius 1 is 1.31 bits per heavy atom. The molecule has 0 saturated heterocycles. The second kappa shape index (κ2) is 4.23. The predicted octanol–water partition coefficient (Wildman–Crippen LogP) is 1.20. The van der Waals surface area contributed by atoms with Gasteiger partial charge >= 0.3 is 0 Å². The Morgan fingerprint density at radius 3 is 2.44 bits per heavy atom. The first-order valence-corrected chi connectivity index (χ1v) is 5.37. The highest BCUT2D eigenvalue weighted by molar-refractivity contribution is 5.89. The third kappa shape index (κ3) is 1.81. The molecule has 2 N–H and O–H groups in total. The summed E-state index contributed by atoms with van der Waals surface area (Å²) in [6.45, 7) is 3.49. The normalized spacial score (nSPS) is 26.8. The molecule has 16 heavy (non-hydrogen) atoms. The summed E-state index contributed by atoms with van der Waals surface area (Å²) in [5.41, 5.74) is 1.59. The van der Waals surface area contributed by atoms with Crippen molar-refractivity contribution in [1.82, 2.24) is 0 Å². The van der Waals surface area contributed by atoms with Crippen molar-refractivity contribution in [2.75, 3.05) is 5.01 Å². The molecule has 1 aliphatic heterocycles. The van der Waals surface area contributed by atoms with Crippen LogP contribution in [0, 0.1) is 5.92 Å². The summed E-state index contributed by atoms with van der Waals surface area (Å²) in [6.07, 6.45) is -1.39. The van der Waals surface area contributed by atoms with Gasteiger partial charge < -0.3 is 10.2 Å². The number of benzene rings is 1. The third-order valence-corrected chi connectivity index (χ3v) is 2.86. The zero-order chi connectivity index (χ0) is 11.7. The summed E-state index contributed by atoms with van der Waals surface area (Å²) in [5.74, 6) is -0.319. The van der Waals surface area contributed by atoms with Crippen molar-refractivity contribution in [3.63, 3.8) is 0 Å². The molecule has 0 saturated carbocycles. The van der Waals surface area contributed by atoms with Gasteiger partial charge in [-0.15, -0.1) is 0 Å². The van der Waals surface area contributed by atoms with Crippen LogP contribution in [-0.2, 0) is 0 Å². The summed E-state index contributed by atoms with van der Waals surface area (Å²) < 4.78 is 0. The highest BCUT2D eigenvalue weighted by atomic mass is 16.3.